The molecule has 8 heteroatoms. The van der Waals surface area contributed by atoms with Gasteiger partial charge in [0.1, 0.15) is 23.9 Å². The van der Waals surface area contributed by atoms with Gasteiger partial charge in [0.15, 0.2) is 5.82 Å². The van der Waals surface area contributed by atoms with Gasteiger partial charge in [-0.1, -0.05) is 12.1 Å². The fourth-order valence-corrected chi connectivity index (χ4v) is 3.74. The van der Waals surface area contributed by atoms with E-state index in [0.29, 0.717) is 49.2 Å². The summed E-state index contributed by atoms with van der Waals surface area (Å²) in [6, 6.07) is 11.2. The molecule has 2 bridgehead atoms. The third kappa shape index (κ3) is 4.15. The highest BCUT2D eigenvalue weighted by Gasteiger charge is 2.19. The number of amides is 1. The Balaban J connectivity index is 1.51. The molecule has 1 amide bonds. The smallest absolute Gasteiger partial charge is 0.260 e. The van der Waals surface area contributed by atoms with Crippen molar-refractivity contribution in [1.82, 2.24) is 14.5 Å². The average molecular weight is 417 g/mol. The number of carbonyl (C=O) groups is 1. The molecule has 158 valence electrons. The number of benzene rings is 1. The molecule has 0 radical (unpaired) electrons. The second-order valence-corrected chi connectivity index (χ2v) is 7.33. The highest BCUT2D eigenvalue weighted by atomic mass is 16.5. The van der Waals surface area contributed by atoms with Crippen LogP contribution in [0.1, 0.15) is 10.4 Å². The Morgan fingerprint density at radius 1 is 1.06 bits per heavy atom. The minimum absolute atomic E-state index is 0.265. The summed E-state index contributed by atoms with van der Waals surface area (Å²) in [7, 11) is 0. The number of allylic oxidation sites excluding steroid dienone is 1. The van der Waals surface area contributed by atoms with Gasteiger partial charge in [-0.25, -0.2) is 9.97 Å². The number of fused-ring (bicyclic) bond motifs is 5. The largest absolute Gasteiger partial charge is 0.489 e. The van der Waals surface area contributed by atoms with E-state index in [4.69, 9.17) is 9.47 Å². The lowest BCUT2D eigenvalue weighted by Crippen LogP contribution is -2.36. The fraction of sp³-hybridized carbons (Fsp3) is 0.261. The highest BCUT2D eigenvalue weighted by Crippen LogP contribution is 2.27. The molecule has 1 fully saturated rings. The van der Waals surface area contributed by atoms with Crippen LogP contribution in [0.2, 0.25) is 0 Å². The van der Waals surface area contributed by atoms with E-state index >= 15 is 0 Å². The fourth-order valence-electron chi connectivity index (χ4n) is 3.74. The molecule has 8 nitrogen and oxygen atoms in total. The van der Waals surface area contributed by atoms with Crippen molar-refractivity contribution in [3.8, 4) is 17.3 Å². The number of rotatable bonds is 1. The van der Waals surface area contributed by atoms with Crippen LogP contribution >= 0.6 is 0 Å². The molecule has 3 aromatic rings. The minimum atomic E-state index is -0.265. The minimum Gasteiger partial charge on any atom is -0.489 e. The molecule has 2 aliphatic rings. The maximum Gasteiger partial charge on any atom is 0.260 e. The predicted molar refractivity (Wildman–Crippen MR) is 118 cm³/mol. The molecule has 1 saturated heterocycles. The van der Waals surface area contributed by atoms with Crippen molar-refractivity contribution >= 4 is 17.4 Å². The van der Waals surface area contributed by atoms with Gasteiger partial charge in [-0.05, 0) is 36.4 Å². The summed E-state index contributed by atoms with van der Waals surface area (Å²) in [6.45, 7) is 3.96. The molecule has 31 heavy (non-hydrogen) atoms. The van der Waals surface area contributed by atoms with E-state index in [1.54, 1.807) is 12.3 Å². The number of hydrogen-bond acceptors (Lipinski definition) is 6. The summed E-state index contributed by atoms with van der Waals surface area (Å²) in [5.74, 6) is 1.48. The predicted octanol–water partition coefficient (Wildman–Crippen LogP) is 2.98. The Hall–Kier alpha value is -3.65. The van der Waals surface area contributed by atoms with Crippen LogP contribution in [0.15, 0.2) is 60.9 Å². The third-order valence-corrected chi connectivity index (χ3v) is 5.32. The van der Waals surface area contributed by atoms with Crippen molar-refractivity contribution in [2.45, 2.75) is 6.54 Å². The normalized spacial score (nSPS) is 17.5. The lowest BCUT2D eigenvalue weighted by atomic mass is 10.1. The van der Waals surface area contributed by atoms with E-state index in [-0.39, 0.29) is 5.91 Å². The summed E-state index contributed by atoms with van der Waals surface area (Å²) in [5.41, 5.74) is 2.15. The molecule has 1 aromatic carbocycles. The first kappa shape index (κ1) is 19.3. The number of nitrogens with zero attached hydrogens (tertiary/aromatic N) is 4. The van der Waals surface area contributed by atoms with E-state index in [1.807, 2.05) is 53.2 Å². The number of anilines is 2. The van der Waals surface area contributed by atoms with E-state index in [0.717, 1.165) is 24.6 Å². The Labute approximate surface area is 180 Å². The lowest BCUT2D eigenvalue weighted by Gasteiger charge is -2.29. The van der Waals surface area contributed by atoms with Gasteiger partial charge in [-0.15, -0.1) is 0 Å². The first-order valence-corrected chi connectivity index (χ1v) is 10.3. The van der Waals surface area contributed by atoms with Crippen LogP contribution in [0.4, 0.5) is 11.5 Å². The Morgan fingerprint density at radius 2 is 1.97 bits per heavy atom. The summed E-state index contributed by atoms with van der Waals surface area (Å²) >= 11 is 0. The van der Waals surface area contributed by atoms with E-state index in [1.165, 1.54) is 0 Å². The Kier molecular flexibility index (Phi) is 5.37. The molecule has 4 heterocycles. The van der Waals surface area contributed by atoms with Gasteiger partial charge in [0.25, 0.3) is 5.91 Å². The van der Waals surface area contributed by atoms with Crippen molar-refractivity contribution in [1.29, 1.82) is 0 Å². The van der Waals surface area contributed by atoms with Gasteiger partial charge in [-0.3, -0.25) is 4.79 Å². The first-order valence-electron chi connectivity index (χ1n) is 10.3. The summed E-state index contributed by atoms with van der Waals surface area (Å²) in [5, 5.41) is 2.92. The van der Waals surface area contributed by atoms with Gasteiger partial charge in [0.05, 0.1) is 18.8 Å². The number of nitrogens with one attached hydrogen (secondary N) is 1. The topological polar surface area (TPSA) is 81.5 Å². The number of aromatic nitrogens is 3. The summed E-state index contributed by atoms with van der Waals surface area (Å²) < 4.78 is 13.4. The van der Waals surface area contributed by atoms with Crippen LogP contribution in [-0.4, -0.2) is 53.4 Å². The number of imidazole rings is 1. The highest BCUT2D eigenvalue weighted by molar-refractivity contribution is 6.06. The van der Waals surface area contributed by atoms with Gasteiger partial charge >= 0.3 is 0 Å². The van der Waals surface area contributed by atoms with Crippen LogP contribution in [-0.2, 0) is 11.3 Å². The number of hydrogen-bond donors (Lipinski definition) is 1. The Bertz CT molecular complexity index is 1120. The molecule has 0 unspecified atom stereocenters. The average Bonchev–Trinajstić information content (AvgIpc) is 3.28. The quantitative estimate of drug-likeness (QED) is 0.613. The molecule has 5 rings (SSSR count). The van der Waals surface area contributed by atoms with E-state index in [9.17, 15) is 4.79 Å². The monoisotopic (exact) mass is 417 g/mol. The van der Waals surface area contributed by atoms with E-state index in [2.05, 4.69) is 20.2 Å². The van der Waals surface area contributed by atoms with Crippen molar-refractivity contribution in [2.24, 2.45) is 0 Å². The second-order valence-electron chi connectivity index (χ2n) is 7.33. The summed E-state index contributed by atoms with van der Waals surface area (Å²) in [4.78, 5) is 24.4. The number of carbonyl (C=O) groups excluding carboxylic acids is 1. The van der Waals surface area contributed by atoms with Crippen molar-refractivity contribution < 1.29 is 14.3 Å². The number of pyridine rings is 1. The zero-order valence-electron chi connectivity index (χ0n) is 17.0. The second kappa shape index (κ2) is 8.61. The SMILES string of the molecule is O=C1Nc2cccc(n2)-c2nccn2C/C=C/COc2ccc(N3CCOCC3)cc21. The van der Waals surface area contributed by atoms with Crippen LogP contribution in [0.25, 0.3) is 11.5 Å². The molecule has 0 saturated carbocycles. The standard InChI is InChI=1S/C23H23N5O3/c29-23-18-16-17(27-11-14-30-15-12-27)6-7-20(18)31-13-2-1-9-28-10-8-24-22(28)19-4-3-5-21(25-19)26-23/h1-8,10,16H,9,11-15H2,(H,25,26,29)/b2-1+. The maximum absolute atomic E-state index is 13.2. The third-order valence-electron chi connectivity index (χ3n) is 5.32. The molecule has 2 aromatic heterocycles. The number of ether oxygens (including phenoxy) is 2. The molecule has 1 N–H and O–H groups in total. The van der Waals surface area contributed by atoms with Gasteiger partial charge in [0.2, 0.25) is 0 Å². The Morgan fingerprint density at radius 3 is 2.87 bits per heavy atom. The van der Waals surface area contributed by atoms with Gasteiger partial charge in [-0.2, -0.15) is 0 Å². The molecular weight excluding hydrogens is 394 g/mol. The van der Waals surface area contributed by atoms with Crippen LogP contribution in [0.5, 0.6) is 5.75 Å². The van der Waals surface area contributed by atoms with Crippen LogP contribution in [0, 0.1) is 0 Å². The molecular formula is C23H23N5O3. The molecule has 2 aliphatic heterocycles. The number of morpholine rings is 1. The van der Waals surface area contributed by atoms with Crippen LogP contribution in [0.3, 0.4) is 0 Å². The first-order chi connectivity index (χ1) is 15.3. The van der Waals surface area contributed by atoms with Crippen LogP contribution < -0.4 is 15.0 Å². The van der Waals surface area contributed by atoms with Gasteiger partial charge < -0.3 is 24.3 Å². The molecule has 0 atom stereocenters. The van der Waals surface area contributed by atoms with Gasteiger partial charge in [0, 0.05) is 37.7 Å². The maximum atomic E-state index is 13.2. The lowest BCUT2D eigenvalue weighted by molar-refractivity contribution is 0.102. The zero-order chi connectivity index (χ0) is 21.0. The van der Waals surface area contributed by atoms with Crippen molar-refractivity contribution in [3.63, 3.8) is 0 Å². The van der Waals surface area contributed by atoms with E-state index < -0.39 is 0 Å². The van der Waals surface area contributed by atoms with Crippen molar-refractivity contribution in [3.05, 3.63) is 66.5 Å². The summed E-state index contributed by atoms with van der Waals surface area (Å²) in [6.07, 6.45) is 7.61. The zero-order valence-corrected chi connectivity index (χ0v) is 17.0. The molecule has 0 spiro atoms. The van der Waals surface area contributed by atoms with Crippen molar-refractivity contribution in [2.75, 3.05) is 43.1 Å². The molecule has 0 aliphatic carbocycles.